The maximum absolute atomic E-state index is 6.54. The monoisotopic (exact) mass is 636 g/mol. The van der Waals surface area contributed by atoms with Crippen molar-refractivity contribution < 1.29 is 39.8 Å². The van der Waals surface area contributed by atoms with Crippen LogP contribution < -0.4 is 0 Å². The molecule has 0 aromatic heterocycles. The number of unbranched alkanes of at least 4 members (excludes halogenated alkanes) is 6. The lowest BCUT2D eigenvalue weighted by Crippen LogP contribution is -2.47. The van der Waals surface area contributed by atoms with Gasteiger partial charge in [0.05, 0.1) is 18.3 Å². The van der Waals surface area contributed by atoms with Crippen LogP contribution >= 0.6 is 0 Å². The molecule has 9 nitrogen and oxygen atoms in total. The smallest absolute Gasteiger partial charge is 0.448 e. The third-order valence-electron chi connectivity index (χ3n) is 6.81. The van der Waals surface area contributed by atoms with Crippen molar-refractivity contribution in [2.45, 2.75) is 177 Å². The van der Waals surface area contributed by atoms with Crippen molar-refractivity contribution in [2.75, 3.05) is 39.6 Å². The third-order valence-corrected chi connectivity index (χ3v) is 8.76. The summed E-state index contributed by atoms with van der Waals surface area (Å²) in [5.41, 5.74) is 0. The Morgan fingerprint density at radius 1 is 0.349 bits per heavy atom. The molecule has 0 saturated heterocycles. The van der Waals surface area contributed by atoms with E-state index in [1.807, 2.05) is 20.8 Å². The van der Waals surface area contributed by atoms with E-state index in [4.69, 9.17) is 39.8 Å². The van der Waals surface area contributed by atoms with Gasteiger partial charge in [0, 0.05) is 39.6 Å². The summed E-state index contributed by atoms with van der Waals surface area (Å²) in [5.74, 6) is 0. The molecule has 0 amide bonds. The number of hydrogen-bond donors (Lipinski definition) is 0. The van der Waals surface area contributed by atoms with Crippen molar-refractivity contribution in [1.29, 1.82) is 0 Å². The van der Waals surface area contributed by atoms with Gasteiger partial charge in [-0.3, -0.25) is 0 Å². The molecular weight excluding hydrogens is 567 g/mol. The predicted molar refractivity (Wildman–Crippen MR) is 174 cm³/mol. The lowest BCUT2D eigenvalue weighted by molar-refractivity contribution is -0.217. The van der Waals surface area contributed by atoms with E-state index >= 15 is 0 Å². The molecule has 0 spiro atoms. The van der Waals surface area contributed by atoms with Crippen LogP contribution in [0.5, 0.6) is 0 Å². The van der Waals surface area contributed by atoms with Crippen LogP contribution in [0.3, 0.4) is 0 Å². The molecule has 0 radical (unpaired) electrons. The van der Waals surface area contributed by atoms with Crippen molar-refractivity contribution in [2.24, 2.45) is 0 Å². The fraction of sp³-hybridized carbons (Fsp3) is 1.00. The van der Waals surface area contributed by atoms with Gasteiger partial charge in [-0.15, -0.1) is 0 Å². The van der Waals surface area contributed by atoms with Crippen LogP contribution in [-0.4, -0.2) is 92.0 Å². The second-order valence-corrected chi connectivity index (χ2v) is 12.7. The van der Waals surface area contributed by atoms with Crippen LogP contribution in [0.2, 0.25) is 0 Å². The molecule has 0 aliphatic carbocycles. The average Bonchev–Trinajstić information content (AvgIpc) is 2.99. The van der Waals surface area contributed by atoms with E-state index in [1.165, 1.54) is 0 Å². The molecule has 0 bridgehead atoms. The molecule has 43 heavy (non-hydrogen) atoms. The van der Waals surface area contributed by atoms with Crippen molar-refractivity contribution in [3.63, 3.8) is 0 Å². The van der Waals surface area contributed by atoms with Crippen molar-refractivity contribution in [3.05, 3.63) is 0 Å². The van der Waals surface area contributed by atoms with Crippen LogP contribution in [0.15, 0.2) is 0 Å². The number of hydrogen-bond acceptors (Lipinski definition) is 9. The van der Waals surface area contributed by atoms with Gasteiger partial charge in [-0.2, -0.15) is 0 Å². The minimum atomic E-state index is -2.80. The summed E-state index contributed by atoms with van der Waals surface area (Å²) in [6, 6.07) is 0. The van der Waals surface area contributed by atoms with Crippen LogP contribution in [0.1, 0.15) is 139 Å². The van der Waals surface area contributed by atoms with E-state index in [-0.39, 0.29) is 0 Å². The summed E-state index contributed by atoms with van der Waals surface area (Å²) >= 11 is -2.80. The predicted octanol–water partition coefficient (Wildman–Crippen LogP) is 8.07. The quantitative estimate of drug-likeness (QED) is 0.0403. The zero-order valence-electron chi connectivity index (χ0n) is 29.4. The highest BCUT2D eigenvalue weighted by Gasteiger charge is 2.42. The Hall–Kier alpha value is 0.172. The highest BCUT2D eigenvalue weighted by molar-refractivity contribution is 6.36. The van der Waals surface area contributed by atoms with Crippen molar-refractivity contribution in [1.82, 2.24) is 0 Å². The lowest BCUT2D eigenvalue weighted by atomic mass is 10.3. The maximum Gasteiger partial charge on any atom is 0.906 e. The summed E-state index contributed by atoms with van der Waals surface area (Å²) in [4.78, 5) is 0. The second kappa shape index (κ2) is 30.8. The van der Waals surface area contributed by atoms with E-state index < -0.39 is 52.3 Å². The molecule has 0 N–H and O–H groups in total. The third kappa shape index (κ3) is 23.2. The summed E-state index contributed by atoms with van der Waals surface area (Å²) in [5, 5.41) is 0. The largest absolute Gasteiger partial charge is 0.906 e. The van der Waals surface area contributed by atoms with E-state index in [0.29, 0.717) is 39.6 Å². The molecule has 3 unspecified atom stereocenters. The maximum atomic E-state index is 6.54. The minimum Gasteiger partial charge on any atom is -0.448 e. The lowest BCUT2D eigenvalue weighted by Gasteiger charge is -2.32. The SMILES string of the molecule is CCCCOC(OCCCC)C(C)[O][Al]([O]C(C)C(OCCCC)OCCCC)[O]C(C)C(OCCCC)OCCCC. The molecular formula is C33H69AlO9. The molecule has 3 atom stereocenters. The molecule has 10 heteroatoms. The number of ether oxygens (including phenoxy) is 6. The molecule has 0 aliphatic rings. The Morgan fingerprint density at radius 2 is 0.535 bits per heavy atom. The fourth-order valence-electron chi connectivity index (χ4n) is 3.83. The van der Waals surface area contributed by atoms with Crippen molar-refractivity contribution >= 4 is 15.1 Å². The van der Waals surface area contributed by atoms with E-state index in [2.05, 4.69) is 41.5 Å². The summed E-state index contributed by atoms with van der Waals surface area (Å²) in [6.45, 7) is 22.4. The summed E-state index contributed by atoms with van der Waals surface area (Å²) in [6.07, 6.45) is 9.29. The Bertz CT molecular complexity index is 468. The van der Waals surface area contributed by atoms with Gasteiger partial charge in [-0.1, -0.05) is 80.1 Å². The standard InChI is InChI=1S/3C11H23O3.Al/c3*1-4-6-8-13-11(10(3)12)14-9-7-5-2;/h3*10-11H,4-9H2,1-3H3;/q3*-1;+3. The van der Waals surface area contributed by atoms with Gasteiger partial charge >= 0.3 is 15.1 Å². The van der Waals surface area contributed by atoms with E-state index in [1.54, 1.807) is 0 Å². The fourth-order valence-corrected chi connectivity index (χ4v) is 5.46. The van der Waals surface area contributed by atoms with Crippen LogP contribution in [0.25, 0.3) is 0 Å². The van der Waals surface area contributed by atoms with Gasteiger partial charge in [0.2, 0.25) is 0 Å². The van der Waals surface area contributed by atoms with Crippen molar-refractivity contribution in [3.8, 4) is 0 Å². The first kappa shape index (κ1) is 43.2. The zero-order valence-corrected chi connectivity index (χ0v) is 30.6. The molecule has 0 aliphatic heterocycles. The van der Waals surface area contributed by atoms with Crippen LogP contribution in [0.4, 0.5) is 0 Å². The molecule has 0 saturated carbocycles. The first-order valence-corrected chi connectivity index (χ1v) is 18.9. The molecule has 0 fully saturated rings. The highest BCUT2D eigenvalue weighted by Crippen LogP contribution is 2.18. The average molecular weight is 637 g/mol. The molecule has 0 rings (SSSR count). The summed E-state index contributed by atoms with van der Waals surface area (Å²) < 4.78 is 56.4. The Kier molecular flexibility index (Phi) is 30.9. The van der Waals surface area contributed by atoms with E-state index in [9.17, 15) is 0 Å². The first-order chi connectivity index (χ1) is 20.9. The first-order valence-electron chi connectivity index (χ1n) is 17.5. The normalized spacial score (nSPS) is 14.2. The van der Waals surface area contributed by atoms with Gasteiger partial charge in [-0.05, 0) is 59.3 Å². The molecule has 0 aromatic rings. The van der Waals surface area contributed by atoms with Crippen LogP contribution in [0, 0.1) is 0 Å². The Balaban J connectivity index is 5.83. The summed E-state index contributed by atoms with van der Waals surface area (Å²) in [7, 11) is 0. The second-order valence-electron chi connectivity index (χ2n) is 11.3. The zero-order chi connectivity index (χ0) is 32.1. The van der Waals surface area contributed by atoms with E-state index in [0.717, 1.165) is 77.0 Å². The van der Waals surface area contributed by atoms with Gasteiger partial charge in [0.15, 0.2) is 18.9 Å². The minimum absolute atomic E-state index is 0.397. The molecule has 0 aromatic carbocycles. The van der Waals surface area contributed by atoms with Gasteiger partial charge in [0.25, 0.3) is 0 Å². The number of rotatable bonds is 33. The topological polar surface area (TPSA) is 83.1 Å². The highest BCUT2D eigenvalue weighted by atomic mass is 27.3. The van der Waals surface area contributed by atoms with Gasteiger partial charge in [0.1, 0.15) is 0 Å². The molecule has 258 valence electrons. The van der Waals surface area contributed by atoms with Gasteiger partial charge in [-0.25, -0.2) is 0 Å². The Labute approximate surface area is 270 Å². The van der Waals surface area contributed by atoms with Gasteiger partial charge < -0.3 is 39.8 Å². The van der Waals surface area contributed by atoms with Crippen LogP contribution in [-0.2, 0) is 39.8 Å². The molecule has 0 heterocycles. The Morgan fingerprint density at radius 3 is 0.698 bits per heavy atom.